The van der Waals surface area contributed by atoms with Gasteiger partial charge in [-0.1, -0.05) is 19.4 Å². The molecular weight excluding hydrogens is 340 g/mol. The molecule has 2 spiro atoms. The maximum Gasteiger partial charge on any atom is 0.306 e. The standard InChI is InChI=1S/C23H28O4/c1-20-6-3-12(24)9-16(20)13-10-14(13)19-15-4-7-22(8-5-18(25)27-22)21(15,2)11-17-23(19,20)26-17/h9,13-15,17,19H,3-8,10-11H2,1-2H3/t13-,14+,15+,17-,19+,20+,21+,22-,23?/m1/s1. The van der Waals surface area contributed by atoms with Crippen LogP contribution in [0.15, 0.2) is 11.6 Å². The zero-order valence-corrected chi connectivity index (χ0v) is 16.3. The first-order valence-electron chi connectivity index (χ1n) is 11.0. The molecule has 0 aromatic rings. The van der Waals surface area contributed by atoms with E-state index in [0.717, 1.165) is 25.7 Å². The fraction of sp³-hybridized carbons (Fsp3) is 0.826. The number of ketones is 1. The maximum absolute atomic E-state index is 12.2. The molecule has 0 N–H and O–H groups in total. The molecule has 5 aliphatic carbocycles. The molecule has 2 saturated heterocycles. The minimum Gasteiger partial charge on any atom is -0.458 e. The van der Waals surface area contributed by atoms with E-state index in [4.69, 9.17) is 9.47 Å². The van der Waals surface area contributed by atoms with Crippen molar-refractivity contribution >= 4 is 11.8 Å². The number of rotatable bonds is 0. The van der Waals surface area contributed by atoms with Gasteiger partial charge in [0.05, 0.1) is 6.10 Å². The van der Waals surface area contributed by atoms with E-state index in [9.17, 15) is 9.59 Å². The van der Waals surface area contributed by atoms with Crippen molar-refractivity contribution in [3.8, 4) is 0 Å². The summed E-state index contributed by atoms with van der Waals surface area (Å²) in [5.41, 5.74) is 1.24. The molecule has 0 bridgehead atoms. The van der Waals surface area contributed by atoms with Gasteiger partial charge in [0.1, 0.15) is 11.2 Å². The van der Waals surface area contributed by atoms with Crippen molar-refractivity contribution < 1.29 is 19.1 Å². The number of fused-ring (bicyclic) bond motifs is 7. The number of hydrogen-bond acceptors (Lipinski definition) is 4. The molecule has 0 aromatic heterocycles. The second-order valence-electron chi connectivity index (χ2n) is 11.1. The van der Waals surface area contributed by atoms with E-state index < -0.39 is 0 Å². The third kappa shape index (κ3) is 1.47. The van der Waals surface area contributed by atoms with Crippen molar-refractivity contribution in [2.24, 2.45) is 34.5 Å². The highest BCUT2D eigenvalue weighted by molar-refractivity contribution is 5.92. The predicted octanol–water partition coefficient (Wildman–Crippen LogP) is 3.58. The molecule has 144 valence electrons. The van der Waals surface area contributed by atoms with E-state index in [0.29, 0.717) is 42.3 Å². The van der Waals surface area contributed by atoms with Gasteiger partial charge in [-0.2, -0.15) is 0 Å². The van der Waals surface area contributed by atoms with Crippen LogP contribution in [0.4, 0.5) is 0 Å². The Labute approximate surface area is 160 Å². The second-order valence-corrected chi connectivity index (χ2v) is 11.1. The van der Waals surface area contributed by atoms with Crippen LogP contribution in [0.1, 0.15) is 65.2 Å². The van der Waals surface area contributed by atoms with Gasteiger partial charge in [-0.15, -0.1) is 0 Å². The van der Waals surface area contributed by atoms with Crippen LogP contribution in [0.2, 0.25) is 0 Å². The summed E-state index contributed by atoms with van der Waals surface area (Å²) < 4.78 is 12.8. The smallest absolute Gasteiger partial charge is 0.306 e. The zero-order valence-electron chi connectivity index (χ0n) is 16.3. The summed E-state index contributed by atoms with van der Waals surface area (Å²) in [4.78, 5) is 24.2. The van der Waals surface area contributed by atoms with Gasteiger partial charge < -0.3 is 9.47 Å². The molecule has 7 rings (SSSR count). The number of carbonyl (C=O) groups is 2. The van der Waals surface area contributed by atoms with Gasteiger partial charge in [-0.3, -0.25) is 9.59 Å². The highest BCUT2D eigenvalue weighted by Crippen LogP contribution is 2.82. The van der Waals surface area contributed by atoms with E-state index in [2.05, 4.69) is 13.8 Å². The lowest BCUT2D eigenvalue weighted by Gasteiger charge is -2.56. The van der Waals surface area contributed by atoms with Crippen LogP contribution in [-0.4, -0.2) is 29.1 Å². The summed E-state index contributed by atoms with van der Waals surface area (Å²) in [6.07, 6.45) is 9.85. The van der Waals surface area contributed by atoms with E-state index in [1.165, 1.54) is 18.4 Å². The van der Waals surface area contributed by atoms with E-state index in [1.807, 2.05) is 6.08 Å². The van der Waals surface area contributed by atoms with Crippen LogP contribution in [0.3, 0.4) is 0 Å². The molecule has 7 aliphatic rings. The number of epoxide rings is 1. The molecule has 2 aliphatic heterocycles. The van der Waals surface area contributed by atoms with Gasteiger partial charge >= 0.3 is 5.97 Å². The Bertz CT molecular complexity index is 845. The lowest BCUT2D eigenvalue weighted by molar-refractivity contribution is -0.164. The van der Waals surface area contributed by atoms with Crippen LogP contribution in [0.25, 0.3) is 0 Å². The Balaban J connectivity index is 1.36. The van der Waals surface area contributed by atoms with E-state index in [1.54, 1.807) is 0 Å². The maximum atomic E-state index is 12.2. The van der Waals surface area contributed by atoms with Gasteiger partial charge in [0.2, 0.25) is 0 Å². The first-order chi connectivity index (χ1) is 12.8. The SMILES string of the molecule is C[C@]12CCC(=O)C=C1[C@@H]1C[C@@H]1[C@H]1[C@@H]3CC[C@@]4(CCC(=O)O4)[C@@]3(C)C[C@H]3OC132. The molecule has 0 radical (unpaired) electrons. The van der Waals surface area contributed by atoms with Gasteiger partial charge in [0, 0.05) is 23.7 Å². The van der Waals surface area contributed by atoms with Gasteiger partial charge in [0.25, 0.3) is 0 Å². The van der Waals surface area contributed by atoms with Crippen LogP contribution >= 0.6 is 0 Å². The molecule has 27 heavy (non-hydrogen) atoms. The average molecular weight is 368 g/mol. The third-order valence-corrected chi connectivity index (χ3v) is 10.4. The monoisotopic (exact) mass is 368 g/mol. The molecule has 0 aromatic carbocycles. The van der Waals surface area contributed by atoms with Crippen molar-refractivity contribution in [2.45, 2.75) is 82.5 Å². The number of carbonyl (C=O) groups excluding carboxylic acids is 2. The normalized spacial score (nSPS) is 62.0. The first kappa shape index (κ1) is 15.7. The van der Waals surface area contributed by atoms with Crippen LogP contribution in [0.5, 0.6) is 0 Å². The number of esters is 1. The fourth-order valence-electron chi connectivity index (χ4n) is 9.12. The molecule has 9 atom stereocenters. The predicted molar refractivity (Wildman–Crippen MR) is 96.6 cm³/mol. The molecule has 4 nitrogen and oxygen atoms in total. The minimum absolute atomic E-state index is 0.00124. The summed E-state index contributed by atoms with van der Waals surface area (Å²) in [5, 5.41) is 0. The van der Waals surface area contributed by atoms with Gasteiger partial charge in [-0.05, 0) is 68.3 Å². The molecule has 4 heteroatoms. The molecule has 0 amide bonds. The minimum atomic E-state index is -0.239. The van der Waals surface area contributed by atoms with Crippen molar-refractivity contribution in [2.75, 3.05) is 0 Å². The van der Waals surface area contributed by atoms with Crippen molar-refractivity contribution in [1.82, 2.24) is 0 Å². The Morgan fingerprint density at radius 1 is 1.11 bits per heavy atom. The molecule has 2 heterocycles. The summed E-state index contributed by atoms with van der Waals surface area (Å²) in [7, 11) is 0. The van der Waals surface area contributed by atoms with Crippen LogP contribution < -0.4 is 0 Å². The Kier molecular flexibility index (Phi) is 2.46. The first-order valence-corrected chi connectivity index (χ1v) is 11.0. The highest BCUT2D eigenvalue weighted by atomic mass is 16.6. The molecule has 4 saturated carbocycles. The average Bonchev–Trinajstić information content (AvgIpc) is 3.49. The molecule has 1 unspecified atom stereocenters. The molecular formula is C23H28O4. The number of hydrogen-bond donors (Lipinski definition) is 0. The van der Waals surface area contributed by atoms with Gasteiger partial charge in [-0.25, -0.2) is 0 Å². The third-order valence-electron chi connectivity index (χ3n) is 10.4. The Morgan fingerprint density at radius 3 is 2.74 bits per heavy atom. The van der Waals surface area contributed by atoms with Crippen LogP contribution in [-0.2, 0) is 19.1 Å². The Hall–Kier alpha value is -1.16. The zero-order chi connectivity index (χ0) is 18.4. The van der Waals surface area contributed by atoms with Crippen molar-refractivity contribution in [3.63, 3.8) is 0 Å². The summed E-state index contributed by atoms with van der Waals surface area (Å²) in [6.45, 7) is 4.81. The second kappa shape index (κ2) is 4.22. The Morgan fingerprint density at radius 2 is 1.96 bits per heavy atom. The quantitative estimate of drug-likeness (QED) is 0.484. The largest absolute Gasteiger partial charge is 0.458 e. The van der Waals surface area contributed by atoms with Gasteiger partial charge in [0.15, 0.2) is 5.78 Å². The lowest BCUT2D eigenvalue weighted by Crippen LogP contribution is -2.60. The fourth-order valence-corrected chi connectivity index (χ4v) is 9.12. The van der Waals surface area contributed by atoms with Crippen molar-refractivity contribution in [1.29, 1.82) is 0 Å². The number of ether oxygens (including phenoxy) is 2. The van der Waals surface area contributed by atoms with E-state index in [-0.39, 0.29) is 34.1 Å². The van der Waals surface area contributed by atoms with E-state index >= 15 is 0 Å². The van der Waals surface area contributed by atoms with Crippen molar-refractivity contribution in [3.05, 3.63) is 11.6 Å². The van der Waals surface area contributed by atoms with Crippen LogP contribution in [0, 0.1) is 34.5 Å². The highest BCUT2D eigenvalue weighted by Gasteiger charge is 2.85. The summed E-state index contributed by atoms with van der Waals surface area (Å²) >= 11 is 0. The summed E-state index contributed by atoms with van der Waals surface area (Å²) in [6, 6.07) is 0. The summed E-state index contributed by atoms with van der Waals surface area (Å²) in [5.74, 6) is 2.77. The lowest BCUT2D eigenvalue weighted by atomic mass is 9.46. The molecule has 6 fully saturated rings. The topological polar surface area (TPSA) is 55.9 Å².